The topological polar surface area (TPSA) is 27.7 Å². The van der Waals surface area contributed by atoms with Crippen molar-refractivity contribution in [3.05, 3.63) is 0 Å². The lowest BCUT2D eigenvalue weighted by Crippen LogP contribution is -2.54. The van der Waals surface area contributed by atoms with E-state index < -0.39 is 33.5 Å². The Hall–Kier alpha value is 1.25. The van der Waals surface area contributed by atoms with Crippen molar-refractivity contribution in [3.8, 4) is 0 Å². The van der Waals surface area contributed by atoms with Crippen molar-refractivity contribution in [2.45, 2.75) is 51.5 Å². The molecule has 0 radical (unpaired) electrons. The third-order valence-electron chi connectivity index (χ3n) is 2.13. The van der Waals surface area contributed by atoms with Crippen LogP contribution in [0.2, 0.25) is 51.5 Å². The SMILES string of the molecule is C[SiH](C)O[Si](C)(O[SiH3])O[Si](C)(C)C[Si](C)(C)Cl. The minimum absolute atomic E-state index is 0.672. The van der Waals surface area contributed by atoms with E-state index in [1.165, 1.54) is 0 Å². The fourth-order valence-electron chi connectivity index (χ4n) is 2.09. The minimum atomic E-state index is -2.37. The molecule has 17 heavy (non-hydrogen) atoms. The first-order chi connectivity index (χ1) is 7.39. The maximum Gasteiger partial charge on any atom is 0.465 e. The molecule has 0 aromatic heterocycles. The molecule has 1 atom stereocenters. The molecule has 0 amide bonds. The van der Waals surface area contributed by atoms with Gasteiger partial charge >= 0.3 is 8.80 Å². The highest BCUT2D eigenvalue weighted by Crippen LogP contribution is 2.27. The van der Waals surface area contributed by atoms with Gasteiger partial charge in [0.15, 0.2) is 17.4 Å². The number of hydrogen-bond acceptors (Lipinski definition) is 3. The zero-order valence-electron chi connectivity index (χ0n) is 12.4. The van der Waals surface area contributed by atoms with Crippen LogP contribution < -0.4 is 0 Å². The Kier molecular flexibility index (Phi) is 7.10. The Morgan fingerprint density at radius 3 is 1.88 bits per heavy atom. The second kappa shape index (κ2) is 6.61. The summed E-state index contributed by atoms with van der Waals surface area (Å²) in [6.07, 6.45) is 0. The first-order valence-corrected chi connectivity index (χ1v) is 19.2. The molecule has 0 N–H and O–H groups in total. The molecule has 0 aromatic carbocycles. The van der Waals surface area contributed by atoms with Gasteiger partial charge < -0.3 is 12.3 Å². The number of hydrogen-bond donors (Lipinski definition) is 0. The molecule has 0 rings (SSSR count). The van der Waals surface area contributed by atoms with Crippen molar-refractivity contribution in [1.29, 1.82) is 0 Å². The summed E-state index contributed by atoms with van der Waals surface area (Å²) in [7, 11) is -6.20. The third-order valence-corrected chi connectivity index (χ3v) is 20.4. The van der Waals surface area contributed by atoms with Gasteiger partial charge in [-0.1, -0.05) is 13.1 Å². The lowest BCUT2D eigenvalue weighted by molar-refractivity contribution is 0.281. The molecule has 3 nitrogen and oxygen atoms in total. The molecule has 0 bridgehead atoms. The van der Waals surface area contributed by atoms with Crippen LogP contribution in [0.1, 0.15) is 0 Å². The molecule has 0 fully saturated rings. The number of rotatable bonds is 7. The van der Waals surface area contributed by atoms with E-state index in [-0.39, 0.29) is 0 Å². The van der Waals surface area contributed by atoms with Crippen molar-refractivity contribution in [2.75, 3.05) is 0 Å². The molecule has 0 heterocycles. The highest BCUT2D eigenvalue weighted by Gasteiger charge is 2.43. The van der Waals surface area contributed by atoms with E-state index in [0.717, 1.165) is 5.67 Å². The minimum Gasteiger partial charge on any atom is -0.426 e. The van der Waals surface area contributed by atoms with E-state index in [0.29, 0.717) is 10.5 Å². The molecule has 9 heteroatoms. The van der Waals surface area contributed by atoms with E-state index in [2.05, 4.69) is 39.3 Å². The molecule has 0 spiro atoms. The fraction of sp³-hybridized carbons (Fsp3) is 1.00. The van der Waals surface area contributed by atoms with Crippen LogP contribution in [0.5, 0.6) is 0 Å². The van der Waals surface area contributed by atoms with Crippen LogP contribution in [-0.2, 0) is 12.3 Å². The Labute approximate surface area is 119 Å². The van der Waals surface area contributed by atoms with E-state index in [9.17, 15) is 0 Å². The Bertz CT molecular complexity index is 246. The molecule has 0 saturated heterocycles. The second-order valence-corrected chi connectivity index (χ2v) is 24.6. The molecular formula is C8H27ClO3Si5. The zero-order valence-corrected chi connectivity index (χ0v) is 19.3. The predicted molar refractivity (Wildman–Crippen MR) is 89.3 cm³/mol. The maximum absolute atomic E-state index is 6.44. The monoisotopic (exact) mass is 346 g/mol. The summed E-state index contributed by atoms with van der Waals surface area (Å²) in [5, 5.41) is 0. The highest BCUT2D eigenvalue weighted by molar-refractivity contribution is 7.23. The Morgan fingerprint density at radius 2 is 1.59 bits per heavy atom. The van der Waals surface area contributed by atoms with Gasteiger partial charge in [-0.2, -0.15) is 11.1 Å². The quantitative estimate of drug-likeness (QED) is 0.521. The normalized spacial score (nSPS) is 17.5. The van der Waals surface area contributed by atoms with Crippen LogP contribution in [0.25, 0.3) is 0 Å². The molecular weight excluding hydrogens is 320 g/mol. The Morgan fingerprint density at radius 1 is 1.12 bits per heavy atom. The second-order valence-electron chi connectivity index (χ2n) is 5.99. The smallest absolute Gasteiger partial charge is 0.426 e. The highest BCUT2D eigenvalue weighted by atomic mass is 35.6. The molecule has 0 aromatic rings. The summed E-state index contributed by atoms with van der Waals surface area (Å²) in [5.41, 5.74) is 1.04. The lowest BCUT2D eigenvalue weighted by atomic mass is 11.8. The summed E-state index contributed by atoms with van der Waals surface area (Å²) in [5.74, 6) is 0. The molecule has 104 valence electrons. The summed E-state index contributed by atoms with van der Waals surface area (Å²) < 4.78 is 18.0. The van der Waals surface area contributed by atoms with Crippen molar-refractivity contribution in [3.63, 3.8) is 0 Å². The van der Waals surface area contributed by atoms with Gasteiger partial charge in [0.05, 0.1) is 0 Å². The first kappa shape index (κ1) is 18.3. The molecule has 0 aliphatic rings. The largest absolute Gasteiger partial charge is 0.465 e. The van der Waals surface area contributed by atoms with E-state index in [4.69, 9.17) is 23.4 Å². The summed E-state index contributed by atoms with van der Waals surface area (Å²) >= 11 is 6.44. The van der Waals surface area contributed by atoms with Crippen molar-refractivity contribution in [2.24, 2.45) is 0 Å². The van der Waals surface area contributed by atoms with Crippen LogP contribution in [0.4, 0.5) is 0 Å². The molecule has 1 unspecified atom stereocenters. The van der Waals surface area contributed by atoms with E-state index in [1.54, 1.807) is 0 Å². The van der Waals surface area contributed by atoms with Gasteiger partial charge in [-0.25, -0.2) is 0 Å². The predicted octanol–water partition coefficient (Wildman–Crippen LogP) is 2.06. The van der Waals surface area contributed by atoms with Gasteiger partial charge in [0.1, 0.15) is 17.9 Å². The fourth-order valence-corrected chi connectivity index (χ4v) is 24.4. The average Bonchev–Trinajstić information content (AvgIpc) is 1.95. The average molecular weight is 347 g/mol. The summed E-state index contributed by atoms with van der Waals surface area (Å²) in [6.45, 7) is 15.1. The maximum atomic E-state index is 6.44. The standard InChI is InChI=1S/C8H27ClO3Si5/c1-14(2)11-17(7,10-13)12-16(5,6)8-15(3,4)9/h14H,8H2,1-7,13H3. The summed E-state index contributed by atoms with van der Waals surface area (Å²) in [6, 6.07) is 0. The van der Waals surface area contributed by atoms with Gasteiger partial charge in [-0.3, -0.25) is 0 Å². The van der Waals surface area contributed by atoms with Crippen LogP contribution >= 0.6 is 11.1 Å². The molecule has 0 saturated carbocycles. The van der Waals surface area contributed by atoms with Crippen LogP contribution in [-0.4, -0.2) is 44.0 Å². The summed E-state index contributed by atoms with van der Waals surface area (Å²) in [4.78, 5) is 0. The van der Waals surface area contributed by atoms with Gasteiger partial charge in [0.25, 0.3) is 0 Å². The van der Waals surface area contributed by atoms with Crippen molar-refractivity contribution >= 4 is 55.1 Å². The van der Waals surface area contributed by atoms with Crippen molar-refractivity contribution < 1.29 is 12.3 Å². The first-order valence-electron chi connectivity index (χ1n) is 6.01. The van der Waals surface area contributed by atoms with Crippen LogP contribution in [0.15, 0.2) is 0 Å². The van der Waals surface area contributed by atoms with Gasteiger partial charge in [0.2, 0.25) is 0 Å². The van der Waals surface area contributed by atoms with Crippen LogP contribution in [0.3, 0.4) is 0 Å². The van der Waals surface area contributed by atoms with Gasteiger partial charge in [0, 0.05) is 6.55 Å². The zero-order chi connectivity index (χ0) is 13.9. The van der Waals surface area contributed by atoms with Crippen LogP contribution in [0, 0.1) is 0 Å². The lowest BCUT2D eigenvalue weighted by Gasteiger charge is -2.37. The van der Waals surface area contributed by atoms with Gasteiger partial charge in [-0.05, 0) is 31.9 Å². The van der Waals surface area contributed by atoms with E-state index in [1.807, 2.05) is 6.55 Å². The number of halogens is 1. The van der Waals surface area contributed by atoms with Gasteiger partial charge in [-0.15, -0.1) is 0 Å². The molecule has 0 aliphatic carbocycles. The van der Waals surface area contributed by atoms with E-state index >= 15 is 0 Å². The third kappa shape index (κ3) is 8.89. The molecule has 0 aliphatic heterocycles. The Balaban J connectivity index is 4.65. The van der Waals surface area contributed by atoms with Crippen molar-refractivity contribution in [1.82, 2.24) is 0 Å².